The fourth-order valence-corrected chi connectivity index (χ4v) is 3.90. The molecule has 0 unspecified atom stereocenters. The molecule has 0 atom stereocenters. The zero-order valence-corrected chi connectivity index (χ0v) is 17.1. The summed E-state index contributed by atoms with van der Waals surface area (Å²) in [7, 11) is 1.83. The Morgan fingerprint density at radius 2 is 1.68 bits per heavy atom. The summed E-state index contributed by atoms with van der Waals surface area (Å²) in [5.41, 5.74) is 3.32. The minimum Gasteiger partial charge on any atom is -0.334 e. The Bertz CT molecular complexity index is 843. The van der Waals surface area contributed by atoms with Crippen molar-refractivity contribution < 1.29 is 9.59 Å². The minimum atomic E-state index is 0.00633. The molecule has 28 heavy (non-hydrogen) atoms. The number of benzene rings is 1. The van der Waals surface area contributed by atoms with E-state index in [9.17, 15) is 9.59 Å². The van der Waals surface area contributed by atoms with Crippen molar-refractivity contribution in [2.24, 2.45) is 7.05 Å². The van der Waals surface area contributed by atoms with Crippen LogP contribution in [0.1, 0.15) is 60.6 Å². The first-order valence-electron chi connectivity index (χ1n) is 10.1. The molecule has 1 aliphatic heterocycles. The highest BCUT2D eigenvalue weighted by Gasteiger charge is 2.23. The second-order valence-electron chi connectivity index (χ2n) is 7.60. The molecular formula is C22H30N4O2. The van der Waals surface area contributed by atoms with Crippen molar-refractivity contribution in [3.05, 3.63) is 47.3 Å². The van der Waals surface area contributed by atoms with E-state index < -0.39 is 0 Å². The normalized spacial score (nSPS) is 16.1. The number of aromatic nitrogens is 2. The molecule has 6 nitrogen and oxygen atoms in total. The van der Waals surface area contributed by atoms with Crippen LogP contribution in [0.5, 0.6) is 0 Å². The third-order valence-electron chi connectivity index (χ3n) is 5.36. The van der Waals surface area contributed by atoms with Crippen molar-refractivity contribution in [3.63, 3.8) is 0 Å². The standard InChI is InChI=1S/C22H30N4O2/c1-17-20(16-24(3)23-17)22(28)25-13-9-5-4-6-10-14-26(18(2)27)21-12-8-7-11-19(21)15-25/h7-8,11-12,16H,4-6,9-10,13-15H2,1-3H3. The first-order chi connectivity index (χ1) is 13.5. The van der Waals surface area contributed by atoms with E-state index >= 15 is 0 Å². The minimum absolute atomic E-state index is 0.00633. The second-order valence-corrected chi connectivity index (χ2v) is 7.60. The van der Waals surface area contributed by atoms with Crippen molar-refractivity contribution in [1.82, 2.24) is 14.7 Å². The van der Waals surface area contributed by atoms with E-state index in [2.05, 4.69) is 5.10 Å². The van der Waals surface area contributed by atoms with Gasteiger partial charge in [-0.1, -0.05) is 37.5 Å². The van der Waals surface area contributed by atoms with Gasteiger partial charge in [-0.05, 0) is 31.4 Å². The van der Waals surface area contributed by atoms with Gasteiger partial charge in [-0.15, -0.1) is 0 Å². The van der Waals surface area contributed by atoms with Crippen molar-refractivity contribution in [3.8, 4) is 0 Å². The Labute approximate surface area is 167 Å². The summed E-state index contributed by atoms with van der Waals surface area (Å²) < 4.78 is 1.69. The molecule has 0 N–H and O–H groups in total. The Morgan fingerprint density at radius 1 is 1.00 bits per heavy atom. The molecule has 0 saturated heterocycles. The molecule has 0 spiro atoms. The van der Waals surface area contributed by atoms with Crippen LogP contribution < -0.4 is 4.90 Å². The van der Waals surface area contributed by atoms with Crippen LogP contribution >= 0.6 is 0 Å². The summed E-state index contributed by atoms with van der Waals surface area (Å²) in [6.07, 6.45) is 7.11. The highest BCUT2D eigenvalue weighted by molar-refractivity contribution is 5.95. The van der Waals surface area contributed by atoms with Gasteiger partial charge in [0.15, 0.2) is 0 Å². The Kier molecular flexibility index (Phi) is 6.49. The number of fused-ring (bicyclic) bond motifs is 1. The molecule has 2 aromatic rings. The zero-order valence-electron chi connectivity index (χ0n) is 17.1. The van der Waals surface area contributed by atoms with Gasteiger partial charge in [0, 0.05) is 45.5 Å². The Hall–Kier alpha value is -2.63. The maximum atomic E-state index is 13.3. The summed E-state index contributed by atoms with van der Waals surface area (Å²) in [4.78, 5) is 29.3. The molecule has 0 saturated carbocycles. The van der Waals surface area contributed by atoms with Gasteiger partial charge in [0.25, 0.3) is 5.91 Å². The number of amides is 2. The molecular weight excluding hydrogens is 352 g/mol. The van der Waals surface area contributed by atoms with E-state index in [1.807, 2.05) is 48.0 Å². The zero-order chi connectivity index (χ0) is 20.1. The molecule has 1 aromatic carbocycles. The lowest BCUT2D eigenvalue weighted by Crippen LogP contribution is -2.35. The number of anilines is 1. The van der Waals surface area contributed by atoms with E-state index in [0.29, 0.717) is 18.7 Å². The molecule has 150 valence electrons. The molecule has 0 radical (unpaired) electrons. The van der Waals surface area contributed by atoms with Gasteiger partial charge in [-0.3, -0.25) is 14.3 Å². The third-order valence-corrected chi connectivity index (χ3v) is 5.36. The molecule has 1 aromatic heterocycles. The van der Waals surface area contributed by atoms with Crippen LogP contribution in [0.3, 0.4) is 0 Å². The lowest BCUT2D eigenvalue weighted by molar-refractivity contribution is -0.116. The van der Waals surface area contributed by atoms with E-state index in [-0.39, 0.29) is 11.8 Å². The maximum absolute atomic E-state index is 13.3. The molecule has 2 heterocycles. The highest BCUT2D eigenvalue weighted by atomic mass is 16.2. The molecule has 0 fully saturated rings. The van der Waals surface area contributed by atoms with Crippen molar-refractivity contribution in [2.75, 3.05) is 18.0 Å². The molecule has 2 amide bonds. The number of nitrogens with zero attached hydrogens (tertiary/aromatic N) is 4. The van der Waals surface area contributed by atoms with Gasteiger partial charge in [0.2, 0.25) is 5.91 Å². The van der Waals surface area contributed by atoms with Gasteiger partial charge in [-0.2, -0.15) is 5.10 Å². The fraction of sp³-hybridized carbons (Fsp3) is 0.500. The number of hydrogen-bond acceptors (Lipinski definition) is 3. The van der Waals surface area contributed by atoms with Crippen LogP contribution in [-0.2, 0) is 18.4 Å². The van der Waals surface area contributed by atoms with Gasteiger partial charge < -0.3 is 9.80 Å². The SMILES string of the molecule is CC(=O)N1CCCCCCCN(C(=O)c2cn(C)nc2C)Cc2ccccc21. The summed E-state index contributed by atoms with van der Waals surface area (Å²) in [6, 6.07) is 7.94. The number of para-hydroxylation sites is 1. The van der Waals surface area contributed by atoms with Crippen LogP contribution in [0.15, 0.2) is 30.5 Å². The smallest absolute Gasteiger partial charge is 0.257 e. The predicted molar refractivity (Wildman–Crippen MR) is 110 cm³/mol. The van der Waals surface area contributed by atoms with E-state index in [1.54, 1.807) is 17.8 Å². The molecule has 1 aliphatic rings. The first kappa shape index (κ1) is 20.1. The lowest BCUT2D eigenvalue weighted by Gasteiger charge is -2.28. The summed E-state index contributed by atoms with van der Waals surface area (Å²) >= 11 is 0. The number of carbonyl (C=O) groups is 2. The lowest BCUT2D eigenvalue weighted by atomic mass is 10.1. The van der Waals surface area contributed by atoms with Gasteiger partial charge in [-0.25, -0.2) is 0 Å². The van der Waals surface area contributed by atoms with E-state index in [1.165, 1.54) is 0 Å². The summed E-state index contributed by atoms with van der Waals surface area (Å²) in [6.45, 7) is 5.41. The van der Waals surface area contributed by atoms with Crippen molar-refractivity contribution in [1.29, 1.82) is 0 Å². The van der Waals surface area contributed by atoms with Gasteiger partial charge in [0.05, 0.1) is 11.3 Å². The third kappa shape index (κ3) is 4.61. The molecule has 0 bridgehead atoms. The number of aryl methyl sites for hydroxylation is 2. The topological polar surface area (TPSA) is 58.4 Å². The van der Waals surface area contributed by atoms with Gasteiger partial charge >= 0.3 is 0 Å². The number of carbonyl (C=O) groups excluding carboxylic acids is 2. The predicted octanol–water partition coefficient (Wildman–Crippen LogP) is 3.69. The van der Waals surface area contributed by atoms with E-state index in [0.717, 1.165) is 55.6 Å². The second kappa shape index (κ2) is 9.04. The Balaban J connectivity index is 1.95. The van der Waals surface area contributed by atoms with E-state index in [4.69, 9.17) is 0 Å². The monoisotopic (exact) mass is 382 g/mol. The van der Waals surface area contributed by atoms with Crippen molar-refractivity contribution in [2.45, 2.75) is 52.5 Å². The first-order valence-corrected chi connectivity index (χ1v) is 10.1. The summed E-state index contributed by atoms with van der Waals surface area (Å²) in [5.74, 6) is 0.0531. The highest BCUT2D eigenvalue weighted by Crippen LogP contribution is 2.25. The Morgan fingerprint density at radius 3 is 2.36 bits per heavy atom. The van der Waals surface area contributed by atoms with Gasteiger partial charge in [0.1, 0.15) is 0 Å². The van der Waals surface area contributed by atoms with Crippen LogP contribution in [0.2, 0.25) is 0 Å². The maximum Gasteiger partial charge on any atom is 0.257 e. The van der Waals surface area contributed by atoms with Crippen LogP contribution in [0, 0.1) is 6.92 Å². The molecule has 0 aliphatic carbocycles. The quantitative estimate of drug-likeness (QED) is 0.756. The van der Waals surface area contributed by atoms with Crippen LogP contribution in [0.4, 0.5) is 5.69 Å². The van der Waals surface area contributed by atoms with Crippen LogP contribution in [0.25, 0.3) is 0 Å². The van der Waals surface area contributed by atoms with Crippen molar-refractivity contribution >= 4 is 17.5 Å². The largest absolute Gasteiger partial charge is 0.334 e. The number of rotatable bonds is 1. The van der Waals surface area contributed by atoms with Crippen LogP contribution in [-0.4, -0.2) is 39.6 Å². The molecule has 3 rings (SSSR count). The molecule has 6 heteroatoms. The average molecular weight is 383 g/mol. The summed E-state index contributed by atoms with van der Waals surface area (Å²) in [5, 5.41) is 4.33. The number of hydrogen-bond donors (Lipinski definition) is 0. The fourth-order valence-electron chi connectivity index (χ4n) is 3.90. The average Bonchev–Trinajstić information content (AvgIpc) is 2.99.